The van der Waals surface area contributed by atoms with Gasteiger partial charge in [0.05, 0.1) is 6.61 Å². The topological polar surface area (TPSA) is 79.8 Å². The van der Waals surface area contributed by atoms with E-state index in [1.54, 1.807) is 0 Å². The summed E-state index contributed by atoms with van der Waals surface area (Å²) in [6, 6.07) is 4.00. The van der Waals surface area contributed by atoms with Crippen molar-refractivity contribution in [3.63, 3.8) is 0 Å². The highest BCUT2D eigenvalue weighted by Crippen LogP contribution is 2.22. The Morgan fingerprint density at radius 3 is 2.73 bits per heavy atom. The average Bonchev–Trinajstić information content (AvgIpc) is 2.50. The molecule has 1 aromatic carbocycles. The monoisotopic (exact) mass is 303 g/mol. The molecule has 2 amide bonds. The van der Waals surface area contributed by atoms with E-state index in [1.165, 1.54) is 0 Å². The predicted molar refractivity (Wildman–Crippen MR) is 83.7 cm³/mol. The number of hydrogen-bond donors (Lipinski definition) is 2. The summed E-state index contributed by atoms with van der Waals surface area (Å²) in [4.78, 5) is 23.0. The van der Waals surface area contributed by atoms with Crippen LogP contribution in [0.4, 0.5) is 0 Å². The van der Waals surface area contributed by atoms with Crippen molar-refractivity contribution < 1.29 is 14.3 Å². The van der Waals surface area contributed by atoms with Crippen LogP contribution in [0.3, 0.4) is 0 Å². The van der Waals surface area contributed by atoms with Crippen LogP contribution in [-0.4, -0.2) is 24.1 Å². The fraction of sp³-hybridized carbons (Fsp3) is 0.438. The molecule has 0 radical (unpaired) electrons. The van der Waals surface area contributed by atoms with Crippen molar-refractivity contribution >= 4 is 17.5 Å². The Balaban J connectivity index is 2.01. The Bertz CT molecular complexity index is 623. The van der Waals surface area contributed by atoms with E-state index in [0.717, 1.165) is 22.4 Å². The summed E-state index contributed by atoms with van der Waals surface area (Å²) in [6.45, 7) is 6.97. The highest BCUT2D eigenvalue weighted by atomic mass is 16.5. The second-order valence-corrected chi connectivity index (χ2v) is 5.25. The molecule has 0 unspecified atom stereocenters. The molecule has 0 aliphatic carbocycles. The first-order valence-electron chi connectivity index (χ1n) is 7.37. The highest BCUT2D eigenvalue weighted by Gasteiger charge is 2.18. The number of carbonyl (C=O) groups excluding carboxylic acids is 2. The minimum Gasteiger partial charge on any atom is -0.494 e. The van der Waals surface area contributed by atoms with Gasteiger partial charge in [0.2, 0.25) is 5.91 Å². The van der Waals surface area contributed by atoms with Crippen molar-refractivity contribution in [2.24, 2.45) is 5.10 Å². The van der Waals surface area contributed by atoms with Gasteiger partial charge in [0.25, 0.3) is 5.91 Å². The van der Waals surface area contributed by atoms with Crippen LogP contribution >= 0.6 is 0 Å². The van der Waals surface area contributed by atoms with Crippen LogP contribution < -0.4 is 15.5 Å². The first-order valence-corrected chi connectivity index (χ1v) is 7.37. The minimum atomic E-state index is -0.245. The molecular weight excluding hydrogens is 282 g/mol. The standard InChI is InChI=1S/C16H21N3O3/c1-4-22-14-8-10(2)12(7-11(14)3)9-17-16(21)13-5-6-15(20)19-18-13/h7-8H,4-6,9H2,1-3H3,(H,17,21)(H,19,20). The van der Waals surface area contributed by atoms with Crippen LogP contribution in [0.15, 0.2) is 17.2 Å². The van der Waals surface area contributed by atoms with Crippen LogP contribution in [-0.2, 0) is 16.1 Å². The van der Waals surface area contributed by atoms with Gasteiger partial charge in [-0.25, -0.2) is 5.43 Å². The number of hydrogen-bond acceptors (Lipinski definition) is 4. The molecule has 1 heterocycles. The van der Waals surface area contributed by atoms with E-state index in [0.29, 0.717) is 31.7 Å². The van der Waals surface area contributed by atoms with Crippen molar-refractivity contribution in [2.45, 2.75) is 40.2 Å². The minimum absolute atomic E-state index is 0.158. The van der Waals surface area contributed by atoms with E-state index in [1.807, 2.05) is 32.9 Å². The molecule has 2 rings (SSSR count). The van der Waals surface area contributed by atoms with Gasteiger partial charge in [-0.1, -0.05) is 6.07 Å². The summed E-state index contributed by atoms with van der Waals surface area (Å²) < 4.78 is 5.56. The molecule has 2 N–H and O–H groups in total. The van der Waals surface area contributed by atoms with E-state index in [4.69, 9.17) is 4.74 Å². The summed E-state index contributed by atoms with van der Waals surface area (Å²) in [5.74, 6) is 0.468. The molecule has 1 aliphatic heterocycles. The second kappa shape index (κ2) is 7.06. The van der Waals surface area contributed by atoms with Crippen LogP contribution in [0.5, 0.6) is 5.75 Å². The van der Waals surface area contributed by atoms with Crippen molar-refractivity contribution in [3.05, 3.63) is 28.8 Å². The quantitative estimate of drug-likeness (QED) is 0.867. The van der Waals surface area contributed by atoms with Gasteiger partial charge in [0.15, 0.2) is 0 Å². The van der Waals surface area contributed by atoms with Crippen LogP contribution in [0.25, 0.3) is 0 Å². The van der Waals surface area contributed by atoms with E-state index in [-0.39, 0.29) is 11.8 Å². The molecule has 0 atom stereocenters. The lowest BCUT2D eigenvalue weighted by Crippen LogP contribution is -2.36. The largest absolute Gasteiger partial charge is 0.494 e. The molecule has 1 aromatic rings. The first kappa shape index (κ1) is 16.0. The number of aryl methyl sites for hydroxylation is 2. The number of benzene rings is 1. The molecular formula is C16H21N3O3. The van der Waals surface area contributed by atoms with Crippen LogP contribution in [0.2, 0.25) is 0 Å². The maximum Gasteiger partial charge on any atom is 0.267 e. The number of ether oxygens (including phenoxy) is 1. The molecule has 6 nitrogen and oxygen atoms in total. The zero-order chi connectivity index (χ0) is 16.1. The van der Waals surface area contributed by atoms with E-state index < -0.39 is 0 Å². The number of carbonyl (C=O) groups is 2. The van der Waals surface area contributed by atoms with Gasteiger partial charge in [0.1, 0.15) is 11.5 Å². The maximum absolute atomic E-state index is 12.0. The maximum atomic E-state index is 12.0. The lowest BCUT2D eigenvalue weighted by molar-refractivity contribution is -0.121. The normalized spacial score (nSPS) is 14.1. The van der Waals surface area contributed by atoms with Gasteiger partial charge in [-0.3, -0.25) is 9.59 Å². The Morgan fingerprint density at radius 1 is 1.32 bits per heavy atom. The molecule has 0 bridgehead atoms. The van der Waals surface area contributed by atoms with E-state index in [9.17, 15) is 9.59 Å². The molecule has 118 valence electrons. The molecule has 0 fully saturated rings. The van der Waals surface area contributed by atoms with Gasteiger partial charge >= 0.3 is 0 Å². The third kappa shape index (κ3) is 3.84. The fourth-order valence-electron chi connectivity index (χ4n) is 2.27. The third-order valence-electron chi connectivity index (χ3n) is 3.54. The van der Waals surface area contributed by atoms with Crippen LogP contribution in [0, 0.1) is 13.8 Å². The SMILES string of the molecule is CCOc1cc(C)c(CNC(=O)C2=NNC(=O)CC2)cc1C. The summed E-state index contributed by atoms with van der Waals surface area (Å²) in [5, 5.41) is 6.63. The average molecular weight is 303 g/mol. The molecule has 22 heavy (non-hydrogen) atoms. The van der Waals surface area contributed by atoms with Gasteiger partial charge in [-0.15, -0.1) is 0 Å². The Kier molecular flexibility index (Phi) is 5.14. The van der Waals surface area contributed by atoms with Gasteiger partial charge < -0.3 is 10.1 Å². The number of hydrazone groups is 1. The lowest BCUT2D eigenvalue weighted by Gasteiger charge is -2.15. The van der Waals surface area contributed by atoms with E-state index >= 15 is 0 Å². The van der Waals surface area contributed by atoms with E-state index in [2.05, 4.69) is 15.8 Å². The second-order valence-electron chi connectivity index (χ2n) is 5.25. The molecule has 0 spiro atoms. The number of nitrogens with one attached hydrogen (secondary N) is 2. The summed E-state index contributed by atoms with van der Waals surface area (Å²) in [6.07, 6.45) is 0.673. The zero-order valence-corrected chi connectivity index (χ0v) is 13.2. The highest BCUT2D eigenvalue weighted by molar-refractivity contribution is 6.39. The van der Waals surface area contributed by atoms with Crippen molar-refractivity contribution in [2.75, 3.05) is 6.61 Å². The summed E-state index contributed by atoms with van der Waals surface area (Å²) >= 11 is 0. The van der Waals surface area contributed by atoms with Crippen molar-refractivity contribution in [1.29, 1.82) is 0 Å². The summed E-state index contributed by atoms with van der Waals surface area (Å²) in [5.41, 5.74) is 5.83. The third-order valence-corrected chi connectivity index (χ3v) is 3.54. The number of nitrogens with zero attached hydrogens (tertiary/aromatic N) is 1. The molecule has 0 saturated carbocycles. The number of rotatable bonds is 5. The Morgan fingerprint density at radius 2 is 2.09 bits per heavy atom. The molecule has 0 saturated heterocycles. The van der Waals surface area contributed by atoms with Crippen LogP contribution in [0.1, 0.15) is 36.5 Å². The van der Waals surface area contributed by atoms with Gasteiger partial charge in [-0.2, -0.15) is 5.10 Å². The zero-order valence-electron chi connectivity index (χ0n) is 13.2. The van der Waals surface area contributed by atoms with Crippen molar-refractivity contribution in [1.82, 2.24) is 10.7 Å². The van der Waals surface area contributed by atoms with Crippen molar-refractivity contribution in [3.8, 4) is 5.75 Å². The molecule has 6 heteroatoms. The molecule has 1 aliphatic rings. The predicted octanol–water partition coefficient (Wildman–Crippen LogP) is 1.58. The Labute approximate surface area is 129 Å². The van der Waals surface area contributed by atoms with Gasteiger partial charge in [-0.05, 0) is 43.5 Å². The first-order chi connectivity index (χ1) is 10.5. The summed E-state index contributed by atoms with van der Waals surface area (Å²) in [7, 11) is 0. The molecule has 0 aromatic heterocycles. The van der Waals surface area contributed by atoms with Gasteiger partial charge in [0, 0.05) is 19.4 Å². The lowest BCUT2D eigenvalue weighted by atomic mass is 10.0. The Hall–Kier alpha value is -2.37. The fourth-order valence-corrected chi connectivity index (χ4v) is 2.27. The number of amides is 2. The smallest absolute Gasteiger partial charge is 0.267 e.